The van der Waals surface area contributed by atoms with E-state index < -0.39 is 0 Å². The predicted octanol–water partition coefficient (Wildman–Crippen LogP) is 0.303. The monoisotopic (exact) mass is 306 g/mol. The molecule has 5 heteroatoms. The number of thiocarbonyl (C=S) groups is 1. The molecule has 2 N–H and O–H groups in total. The van der Waals surface area contributed by atoms with E-state index in [-0.39, 0.29) is 0 Å². The van der Waals surface area contributed by atoms with E-state index in [4.69, 9.17) is 17.0 Å². The van der Waals surface area contributed by atoms with Crippen LogP contribution in [0.1, 0.15) is 12.8 Å². The van der Waals surface area contributed by atoms with Crippen LogP contribution in [0.25, 0.3) is 0 Å². The molecule has 0 aromatic heterocycles. The summed E-state index contributed by atoms with van der Waals surface area (Å²) in [6.07, 6.45) is 2.56. The highest BCUT2D eigenvalue weighted by Gasteiger charge is 2.26. The van der Waals surface area contributed by atoms with Gasteiger partial charge in [-0.05, 0) is 37.2 Å². The standard InChI is InChI=1S/C16H23N3OS/c21-16(17-14-6-7-14)19-10-8-18(9-11-19)12-13-20-15-4-2-1-3-5-15/h1-5,14H,6-13H2,(H,17,21)/p+1. The Morgan fingerprint density at radius 3 is 2.62 bits per heavy atom. The molecule has 1 saturated heterocycles. The number of rotatable bonds is 5. The van der Waals surface area contributed by atoms with E-state index in [0.717, 1.165) is 50.2 Å². The maximum atomic E-state index is 5.77. The molecule has 1 saturated carbocycles. The van der Waals surface area contributed by atoms with Crippen molar-refractivity contribution in [1.29, 1.82) is 0 Å². The van der Waals surface area contributed by atoms with Gasteiger partial charge in [-0.15, -0.1) is 0 Å². The molecule has 0 spiro atoms. The van der Waals surface area contributed by atoms with Gasteiger partial charge in [-0.25, -0.2) is 0 Å². The fourth-order valence-corrected chi connectivity index (χ4v) is 2.95. The van der Waals surface area contributed by atoms with Crippen LogP contribution in [0.5, 0.6) is 5.75 Å². The molecule has 1 aliphatic heterocycles. The number of nitrogens with one attached hydrogen (secondary N) is 2. The molecule has 1 aromatic carbocycles. The molecule has 2 fully saturated rings. The summed E-state index contributed by atoms with van der Waals surface area (Å²) in [4.78, 5) is 3.92. The molecule has 1 heterocycles. The lowest BCUT2D eigenvalue weighted by Crippen LogP contribution is -3.15. The second kappa shape index (κ2) is 7.09. The second-order valence-corrected chi connectivity index (χ2v) is 6.26. The quantitative estimate of drug-likeness (QED) is 0.766. The number of para-hydroxylation sites is 1. The molecule has 2 aliphatic rings. The molecule has 0 radical (unpaired) electrons. The van der Waals surface area contributed by atoms with E-state index >= 15 is 0 Å². The molecule has 0 bridgehead atoms. The first-order chi connectivity index (χ1) is 10.3. The fraction of sp³-hybridized carbons (Fsp3) is 0.562. The zero-order valence-electron chi connectivity index (χ0n) is 12.4. The number of hydrogen-bond donors (Lipinski definition) is 2. The lowest BCUT2D eigenvalue weighted by atomic mass is 10.3. The van der Waals surface area contributed by atoms with Gasteiger partial charge in [-0.1, -0.05) is 18.2 Å². The summed E-state index contributed by atoms with van der Waals surface area (Å²) in [6.45, 7) is 6.24. The van der Waals surface area contributed by atoms with Gasteiger partial charge in [0.1, 0.15) is 18.9 Å². The normalized spacial score (nSPS) is 19.3. The van der Waals surface area contributed by atoms with Crippen molar-refractivity contribution in [3.05, 3.63) is 30.3 Å². The summed E-state index contributed by atoms with van der Waals surface area (Å²) in [5, 5.41) is 4.38. The Bertz CT molecular complexity index is 456. The lowest BCUT2D eigenvalue weighted by Gasteiger charge is -2.33. The third-order valence-corrected chi connectivity index (χ3v) is 4.51. The summed E-state index contributed by atoms with van der Waals surface area (Å²) in [5.74, 6) is 0.963. The van der Waals surface area contributed by atoms with Crippen LogP contribution in [0.15, 0.2) is 30.3 Å². The maximum absolute atomic E-state index is 5.77. The van der Waals surface area contributed by atoms with Crippen molar-refractivity contribution in [2.75, 3.05) is 39.3 Å². The molecule has 0 amide bonds. The Labute approximate surface area is 132 Å². The van der Waals surface area contributed by atoms with Gasteiger partial charge in [-0.3, -0.25) is 0 Å². The van der Waals surface area contributed by atoms with Crippen molar-refractivity contribution in [3.8, 4) is 5.75 Å². The summed E-state index contributed by atoms with van der Waals surface area (Å²) in [5.41, 5.74) is 0. The number of hydrogen-bond acceptors (Lipinski definition) is 2. The highest BCUT2D eigenvalue weighted by atomic mass is 32.1. The zero-order chi connectivity index (χ0) is 14.5. The van der Waals surface area contributed by atoms with Gasteiger partial charge < -0.3 is 19.9 Å². The average molecular weight is 306 g/mol. The topological polar surface area (TPSA) is 28.9 Å². The number of piperazine rings is 1. The summed E-state index contributed by atoms with van der Waals surface area (Å²) in [6, 6.07) is 10.7. The summed E-state index contributed by atoms with van der Waals surface area (Å²) in [7, 11) is 0. The first-order valence-corrected chi connectivity index (χ1v) is 8.29. The van der Waals surface area contributed by atoms with E-state index in [1.165, 1.54) is 12.8 Å². The van der Waals surface area contributed by atoms with Gasteiger partial charge in [0, 0.05) is 6.04 Å². The molecule has 1 aromatic rings. The minimum absolute atomic E-state index is 0.655. The zero-order valence-corrected chi connectivity index (χ0v) is 13.2. The molecule has 21 heavy (non-hydrogen) atoms. The smallest absolute Gasteiger partial charge is 0.169 e. The molecular formula is C16H24N3OS+. The molecule has 1 aliphatic carbocycles. The lowest BCUT2D eigenvalue weighted by molar-refractivity contribution is -0.903. The highest BCUT2D eigenvalue weighted by molar-refractivity contribution is 7.80. The largest absolute Gasteiger partial charge is 0.488 e. The first-order valence-electron chi connectivity index (χ1n) is 7.88. The Morgan fingerprint density at radius 1 is 1.24 bits per heavy atom. The Balaban J connectivity index is 1.33. The maximum Gasteiger partial charge on any atom is 0.169 e. The van der Waals surface area contributed by atoms with E-state index in [0.29, 0.717) is 6.04 Å². The van der Waals surface area contributed by atoms with Crippen LogP contribution >= 0.6 is 12.2 Å². The fourth-order valence-electron chi connectivity index (χ4n) is 2.60. The van der Waals surface area contributed by atoms with Gasteiger partial charge >= 0.3 is 0 Å². The minimum Gasteiger partial charge on any atom is -0.488 e. The minimum atomic E-state index is 0.655. The van der Waals surface area contributed by atoms with Gasteiger partial charge in [0.15, 0.2) is 5.11 Å². The third kappa shape index (κ3) is 4.58. The number of benzene rings is 1. The van der Waals surface area contributed by atoms with Gasteiger partial charge in [0.2, 0.25) is 0 Å². The highest BCUT2D eigenvalue weighted by Crippen LogP contribution is 2.18. The Kier molecular flexibility index (Phi) is 4.93. The summed E-state index contributed by atoms with van der Waals surface area (Å²) < 4.78 is 5.77. The number of ether oxygens (including phenoxy) is 1. The molecule has 0 unspecified atom stereocenters. The van der Waals surface area contributed by atoms with Crippen LogP contribution in [-0.4, -0.2) is 55.4 Å². The summed E-state index contributed by atoms with van der Waals surface area (Å²) >= 11 is 5.46. The van der Waals surface area contributed by atoms with Gasteiger partial charge in [0.25, 0.3) is 0 Å². The van der Waals surface area contributed by atoms with Gasteiger partial charge in [0.05, 0.1) is 26.2 Å². The first kappa shape index (κ1) is 14.6. The Hall–Kier alpha value is -1.33. The molecule has 3 rings (SSSR count). The van der Waals surface area contributed by atoms with E-state index in [9.17, 15) is 0 Å². The van der Waals surface area contributed by atoms with E-state index in [2.05, 4.69) is 10.2 Å². The molecule has 4 nitrogen and oxygen atoms in total. The van der Waals surface area contributed by atoms with Crippen molar-refractivity contribution in [1.82, 2.24) is 10.2 Å². The Morgan fingerprint density at radius 2 is 1.95 bits per heavy atom. The average Bonchev–Trinajstić information content (AvgIpc) is 3.33. The second-order valence-electron chi connectivity index (χ2n) is 5.87. The predicted molar refractivity (Wildman–Crippen MR) is 87.8 cm³/mol. The van der Waals surface area contributed by atoms with Crippen LogP contribution in [0.2, 0.25) is 0 Å². The van der Waals surface area contributed by atoms with Crippen molar-refractivity contribution in [2.24, 2.45) is 0 Å². The van der Waals surface area contributed by atoms with Crippen LogP contribution in [-0.2, 0) is 0 Å². The molecule has 114 valence electrons. The SMILES string of the molecule is S=C(NC1CC1)N1CC[NH+](CCOc2ccccc2)CC1. The van der Waals surface area contributed by atoms with Crippen LogP contribution < -0.4 is 15.0 Å². The number of nitrogens with zero attached hydrogens (tertiary/aromatic N) is 1. The van der Waals surface area contributed by atoms with Crippen molar-refractivity contribution in [2.45, 2.75) is 18.9 Å². The van der Waals surface area contributed by atoms with Crippen LogP contribution in [0.3, 0.4) is 0 Å². The molecular weight excluding hydrogens is 282 g/mol. The third-order valence-electron chi connectivity index (χ3n) is 4.13. The van der Waals surface area contributed by atoms with Crippen LogP contribution in [0, 0.1) is 0 Å². The number of quaternary nitrogens is 1. The van der Waals surface area contributed by atoms with Crippen molar-refractivity contribution >= 4 is 17.3 Å². The van der Waals surface area contributed by atoms with Crippen molar-refractivity contribution in [3.63, 3.8) is 0 Å². The van der Waals surface area contributed by atoms with E-state index in [1.54, 1.807) is 4.90 Å². The van der Waals surface area contributed by atoms with Gasteiger partial charge in [-0.2, -0.15) is 0 Å². The van der Waals surface area contributed by atoms with Crippen molar-refractivity contribution < 1.29 is 9.64 Å². The van der Waals surface area contributed by atoms with Crippen LogP contribution in [0.4, 0.5) is 0 Å². The molecule has 0 atom stereocenters. The van der Waals surface area contributed by atoms with E-state index in [1.807, 2.05) is 30.3 Å².